The Morgan fingerprint density at radius 3 is 2.48 bits per heavy atom. The number of nitrogen functional groups attached to an aromatic ring is 1. The summed E-state index contributed by atoms with van der Waals surface area (Å²) in [6.07, 6.45) is 1.77. The molecule has 4 heteroatoms. The van der Waals surface area contributed by atoms with E-state index in [4.69, 9.17) is 5.73 Å². The molecule has 3 aromatic rings. The first-order chi connectivity index (χ1) is 10.1. The van der Waals surface area contributed by atoms with E-state index in [1.807, 2.05) is 24.3 Å². The minimum absolute atomic E-state index is 0.524. The van der Waals surface area contributed by atoms with Gasteiger partial charge in [-0.25, -0.2) is 4.68 Å². The third kappa shape index (κ3) is 2.65. The fourth-order valence-electron chi connectivity index (χ4n) is 2.32. The fourth-order valence-corrected chi connectivity index (χ4v) is 2.32. The summed E-state index contributed by atoms with van der Waals surface area (Å²) >= 11 is 0. The van der Waals surface area contributed by atoms with Crippen LogP contribution in [-0.4, -0.2) is 15.0 Å². The lowest BCUT2D eigenvalue weighted by Crippen LogP contribution is -2.00. The van der Waals surface area contributed by atoms with Gasteiger partial charge in [0.2, 0.25) is 0 Å². The molecule has 0 saturated heterocycles. The minimum Gasteiger partial charge on any atom is -0.399 e. The molecule has 1 heterocycles. The topological polar surface area (TPSA) is 56.7 Å². The predicted octanol–water partition coefficient (Wildman–Crippen LogP) is 3.64. The summed E-state index contributed by atoms with van der Waals surface area (Å²) < 4.78 is 1.81. The van der Waals surface area contributed by atoms with Gasteiger partial charge >= 0.3 is 0 Å². The minimum atomic E-state index is 0.524. The molecule has 0 spiro atoms. The lowest BCUT2D eigenvalue weighted by atomic mass is 10.0. The van der Waals surface area contributed by atoms with Crippen LogP contribution in [0.15, 0.2) is 54.7 Å². The SMILES string of the molecule is CC(C)c1ccc(-c2cnnn2-c2cccc(N)c2)cc1. The molecule has 1 aromatic heterocycles. The smallest absolute Gasteiger partial charge is 0.0944 e. The Bertz CT molecular complexity index is 741. The van der Waals surface area contributed by atoms with E-state index < -0.39 is 0 Å². The molecule has 2 aromatic carbocycles. The molecule has 0 amide bonds. The first-order valence-electron chi connectivity index (χ1n) is 7.02. The van der Waals surface area contributed by atoms with Gasteiger partial charge in [0.05, 0.1) is 17.6 Å². The van der Waals surface area contributed by atoms with Crippen LogP contribution in [0.5, 0.6) is 0 Å². The molecule has 0 unspecified atom stereocenters. The third-order valence-electron chi connectivity index (χ3n) is 3.54. The highest BCUT2D eigenvalue weighted by Gasteiger charge is 2.09. The summed E-state index contributed by atoms with van der Waals surface area (Å²) in [6.45, 7) is 4.38. The van der Waals surface area contributed by atoms with Crippen LogP contribution in [0.4, 0.5) is 5.69 Å². The monoisotopic (exact) mass is 278 g/mol. The van der Waals surface area contributed by atoms with E-state index in [1.54, 1.807) is 10.9 Å². The Kier molecular flexibility index (Phi) is 3.44. The van der Waals surface area contributed by atoms with Crippen molar-refractivity contribution in [1.82, 2.24) is 15.0 Å². The number of nitrogens with zero attached hydrogens (tertiary/aromatic N) is 3. The van der Waals surface area contributed by atoms with Gasteiger partial charge in [-0.15, -0.1) is 5.10 Å². The van der Waals surface area contributed by atoms with E-state index in [0.717, 1.165) is 16.9 Å². The summed E-state index contributed by atoms with van der Waals surface area (Å²) in [5.41, 5.74) is 10.8. The van der Waals surface area contributed by atoms with Gasteiger partial charge in [-0.2, -0.15) is 0 Å². The van der Waals surface area contributed by atoms with E-state index in [9.17, 15) is 0 Å². The van der Waals surface area contributed by atoms with Gasteiger partial charge in [0, 0.05) is 11.3 Å². The molecule has 0 fully saturated rings. The summed E-state index contributed by atoms with van der Waals surface area (Å²) in [5.74, 6) is 0.524. The predicted molar refractivity (Wildman–Crippen MR) is 85.3 cm³/mol. The maximum absolute atomic E-state index is 5.85. The normalized spacial score (nSPS) is 11.0. The number of rotatable bonds is 3. The zero-order valence-electron chi connectivity index (χ0n) is 12.2. The molecular formula is C17H18N4. The van der Waals surface area contributed by atoms with Crippen LogP contribution in [0, 0.1) is 0 Å². The van der Waals surface area contributed by atoms with Gasteiger partial charge in [-0.3, -0.25) is 0 Å². The van der Waals surface area contributed by atoms with Crippen LogP contribution in [0.3, 0.4) is 0 Å². The van der Waals surface area contributed by atoms with Crippen LogP contribution in [0.25, 0.3) is 16.9 Å². The molecule has 0 saturated carbocycles. The first kappa shape index (κ1) is 13.4. The van der Waals surface area contributed by atoms with E-state index in [2.05, 4.69) is 48.4 Å². The van der Waals surface area contributed by atoms with Crippen molar-refractivity contribution in [2.45, 2.75) is 19.8 Å². The van der Waals surface area contributed by atoms with E-state index >= 15 is 0 Å². The van der Waals surface area contributed by atoms with Crippen LogP contribution >= 0.6 is 0 Å². The number of hydrogen-bond donors (Lipinski definition) is 1. The summed E-state index contributed by atoms with van der Waals surface area (Å²) in [7, 11) is 0. The van der Waals surface area contributed by atoms with Crippen molar-refractivity contribution < 1.29 is 0 Å². The van der Waals surface area contributed by atoms with Crippen LogP contribution in [-0.2, 0) is 0 Å². The molecule has 21 heavy (non-hydrogen) atoms. The molecule has 2 N–H and O–H groups in total. The molecule has 0 bridgehead atoms. The lowest BCUT2D eigenvalue weighted by molar-refractivity contribution is 0.808. The number of nitrogens with two attached hydrogens (primary N) is 1. The Balaban J connectivity index is 2.02. The zero-order chi connectivity index (χ0) is 14.8. The third-order valence-corrected chi connectivity index (χ3v) is 3.54. The first-order valence-corrected chi connectivity index (χ1v) is 7.02. The van der Waals surface area contributed by atoms with Crippen molar-refractivity contribution in [3.63, 3.8) is 0 Å². The lowest BCUT2D eigenvalue weighted by Gasteiger charge is -2.09. The van der Waals surface area contributed by atoms with Gasteiger partial charge in [0.15, 0.2) is 0 Å². The molecule has 106 valence electrons. The van der Waals surface area contributed by atoms with E-state index in [0.29, 0.717) is 11.6 Å². The van der Waals surface area contributed by atoms with Gasteiger partial charge in [0.25, 0.3) is 0 Å². The summed E-state index contributed by atoms with van der Waals surface area (Å²) in [5, 5.41) is 8.21. The van der Waals surface area contributed by atoms with E-state index in [1.165, 1.54) is 5.56 Å². The van der Waals surface area contributed by atoms with Crippen molar-refractivity contribution in [3.05, 3.63) is 60.3 Å². The summed E-state index contributed by atoms with van der Waals surface area (Å²) in [4.78, 5) is 0. The molecular weight excluding hydrogens is 260 g/mol. The van der Waals surface area contributed by atoms with Crippen molar-refractivity contribution in [2.24, 2.45) is 0 Å². The van der Waals surface area contributed by atoms with Crippen LogP contribution in [0.2, 0.25) is 0 Å². The highest BCUT2D eigenvalue weighted by atomic mass is 15.4. The maximum atomic E-state index is 5.85. The van der Waals surface area contributed by atoms with Crippen molar-refractivity contribution >= 4 is 5.69 Å². The Morgan fingerprint density at radius 2 is 1.81 bits per heavy atom. The van der Waals surface area contributed by atoms with Gasteiger partial charge in [0.1, 0.15) is 0 Å². The van der Waals surface area contributed by atoms with Crippen molar-refractivity contribution in [1.29, 1.82) is 0 Å². The average molecular weight is 278 g/mol. The Labute approximate surface area is 124 Å². The molecule has 4 nitrogen and oxygen atoms in total. The van der Waals surface area contributed by atoms with Gasteiger partial charge < -0.3 is 5.73 Å². The molecule has 0 aliphatic rings. The maximum Gasteiger partial charge on any atom is 0.0944 e. The second-order valence-corrected chi connectivity index (χ2v) is 5.40. The summed E-state index contributed by atoms with van der Waals surface area (Å²) in [6, 6.07) is 16.1. The highest BCUT2D eigenvalue weighted by Crippen LogP contribution is 2.24. The second kappa shape index (κ2) is 5.40. The van der Waals surface area contributed by atoms with Gasteiger partial charge in [-0.1, -0.05) is 49.4 Å². The van der Waals surface area contributed by atoms with Crippen LogP contribution < -0.4 is 5.73 Å². The van der Waals surface area contributed by atoms with Crippen molar-refractivity contribution in [2.75, 3.05) is 5.73 Å². The standard InChI is InChI=1S/C17H18N4/c1-12(2)13-6-8-14(9-7-13)17-11-19-20-21(17)16-5-3-4-15(18)10-16/h3-12H,18H2,1-2H3. The molecule has 3 rings (SSSR count). The second-order valence-electron chi connectivity index (χ2n) is 5.40. The zero-order valence-corrected chi connectivity index (χ0v) is 12.2. The molecule has 0 atom stereocenters. The number of anilines is 1. The van der Waals surface area contributed by atoms with Crippen LogP contribution in [0.1, 0.15) is 25.3 Å². The molecule has 0 radical (unpaired) electrons. The quantitative estimate of drug-likeness (QED) is 0.744. The van der Waals surface area contributed by atoms with Gasteiger partial charge in [-0.05, 0) is 29.7 Å². The van der Waals surface area contributed by atoms with Crippen molar-refractivity contribution in [3.8, 4) is 16.9 Å². The average Bonchev–Trinajstić information content (AvgIpc) is 2.97. The number of benzene rings is 2. The largest absolute Gasteiger partial charge is 0.399 e. The number of hydrogen-bond acceptors (Lipinski definition) is 3. The highest BCUT2D eigenvalue weighted by molar-refractivity contribution is 5.62. The Morgan fingerprint density at radius 1 is 1.05 bits per heavy atom. The Hall–Kier alpha value is -2.62. The van der Waals surface area contributed by atoms with E-state index in [-0.39, 0.29) is 0 Å². The fraction of sp³-hybridized carbons (Fsp3) is 0.176. The molecule has 0 aliphatic heterocycles. The number of aromatic nitrogens is 3. The molecule has 0 aliphatic carbocycles.